The van der Waals surface area contributed by atoms with Crippen molar-refractivity contribution in [2.75, 3.05) is 78.2 Å². The molecule has 11 N–H and O–H groups in total. The van der Waals surface area contributed by atoms with E-state index in [1.165, 1.54) is 51.6 Å². The van der Waals surface area contributed by atoms with Crippen LogP contribution in [0.5, 0.6) is 11.5 Å². The van der Waals surface area contributed by atoms with E-state index in [4.69, 9.17) is 44.6 Å². The molecular formula is C65H82N10O21. The van der Waals surface area contributed by atoms with Crippen molar-refractivity contribution >= 4 is 76.5 Å². The molecule has 2 aliphatic carbocycles. The lowest BCUT2D eigenvalue weighted by Crippen LogP contribution is -2.55. The number of likely N-dealkylation sites (N-methyl/N-ethyl adjacent to an activating group) is 2. The highest BCUT2D eigenvalue weighted by Crippen LogP contribution is 2.53. The van der Waals surface area contributed by atoms with E-state index in [-0.39, 0.29) is 98.1 Å². The second kappa shape index (κ2) is 30.7. The number of carbonyl (C=O) groups is 11. The number of aromatic hydroxyl groups is 2. The molecule has 518 valence electrons. The maximum absolute atomic E-state index is 14.3. The first-order valence-electron chi connectivity index (χ1n) is 31.7. The molecular weight excluding hydrogens is 1260 g/mol. The molecule has 0 bridgehead atoms. The fourth-order valence-corrected chi connectivity index (χ4v) is 12.7. The Hall–Kier alpha value is -9.11. The summed E-state index contributed by atoms with van der Waals surface area (Å²) in [5, 5.41) is 47.3. The summed E-state index contributed by atoms with van der Waals surface area (Å²) in [5.74, 6) is -7.27. The molecule has 0 spiro atoms. The number of unbranched alkanes of at least 4 members (excludes halogenated alkanes) is 2. The van der Waals surface area contributed by atoms with Crippen molar-refractivity contribution in [3.05, 3.63) is 93.6 Å². The van der Waals surface area contributed by atoms with Gasteiger partial charge in [-0.3, -0.25) is 48.2 Å². The summed E-state index contributed by atoms with van der Waals surface area (Å²) in [7, 11) is 4.21. The molecule has 10 atom stereocenters. The lowest BCUT2D eigenvalue weighted by molar-refractivity contribution is -0.256. The van der Waals surface area contributed by atoms with Crippen LogP contribution < -0.4 is 32.7 Å². The lowest BCUT2D eigenvalue weighted by Gasteiger charge is -2.43. The highest BCUT2D eigenvalue weighted by molar-refractivity contribution is 6.32. The van der Waals surface area contributed by atoms with Crippen LogP contribution >= 0.6 is 0 Å². The van der Waals surface area contributed by atoms with E-state index in [1.54, 1.807) is 45.0 Å². The number of urea groups is 1. The van der Waals surface area contributed by atoms with Crippen LogP contribution in [0.25, 0.3) is 0 Å². The number of nitrogens with one attached hydrogen (secondary N) is 4. The molecule has 0 saturated carbocycles. The molecule has 0 unspecified atom stereocenters. The first-order chi connectivity index (χ1) is 45.7. The van der Waals surface area contributed by atoms with E-state index in [1.807, 2.05) is 0 Å². The van der Waals surface area contributed by atoms with Crippen molar-refractivity contribution in [1.29, 1.82) is 0 Å². The van der Waals surface area contributed by atoms with Crippen LogP contribution in [0.15, 0.2) is 54.6 Å². The van der Waals surface area contributed by atoms with Crippen molar-refractivity contribution in [2.45, 2.75) is 146 Å². The molecule has 3 fully saturated rings. The smallest absolute Gasteiger partial charge is 0.409 e. The fourth-order valence-electron chi connectivity index (χ4n) is 12.7. The van der Waals surface area contributed by atoms with Gasteiger partial charge >= 0.3 is 18.2 Å². The second-order valence-corrected chi connectivity index (χ2v) is 24.9. The third kappa shape index (κ3) is 15.7. The Kier molecular flexibility index (Phi) is 22.8. The van der Waals surface area contributed by atoms with E-state index in [0.717, 1.165) is 14.7 Å². The van der Waals surface area contributed by atoms with E-state index in [2.05, 4.69) is 26.2 Å². The number of morpholine rings is 1. The number of phenols is 2. The van der Waals surface area contributed by atoms with E-state index >= 15 is 0 Å². The van der Waals surface area contributed by atoms with Crippen LogP contribution in [0.1, 0.15) is 127 Å². The number of primary amides is 1. The van der Waals surface area contributed by atoms with Crippen molar-refractivity contribution in [3.63, 3.8) is 0 Å². The minimum atomic E-state index is -2.50. The number of hydrogen-bond donors (Lipinski definition) is 9. The number of carbonyl (C=O) groups excluding carboxylic acids is 11. The van der Waals surface area contributed by atoms with Gasteiger partial charge in [0.15, 0.2) is 37.0 Å². The van der Waals surface area contributed by atoms with Crippen LogP contribution in [-0.2, 0) is 75.0 Å². The number of imide groups is 1. The predicted molar refractivity (Wildman–Crippen MR) is 336 cm³/mol. The van der Waals surface area contributed by atoms with Gasteiger partial charge in [-0.05, 0) is 50.7 Å². The summed E-state index contributed by atoms with van der Waals surface area (Å²) in [5.41, 5.74) is 7.52. The number of anilines is 2. The van der Waals surface area contributed by atoms with E-state index in [0.29, 0.717) is 38.0 Å². The van der Waals surface area contributed by atoms with Gasteiger partial charge in [-0.15, -0.1) is 0 Å². The van der Waals surface area contributed by atoms with Gasteiger partial charge in [0.05, 0.1) is 35.5 Å². The number of aliphatic hydroxyl groups is 1. The van der Waals surface area contributed by atoms with Gasteiger partial charge < -0.3 is 91.0 Å². The number of fused-ring (bicyclic) bond motifs is 6. The third-order valence-corrected chi connectivity index (χ3v) is 18.0. The van der Waals surface area contributed by atoms with Crippen molar-refractivity contribution < 1.29 is 101 Å². The molecule has 0 aromatic heterocycles. The standard InChI is InChI=1S/C65H82N10O21/c1-33(2)52(71-44(77)19-8-7-11-23-75-45(78)20-21-46(75)79)59(85)70-40(18-13-22-68-62(67)86)58(84)69-39-17-10-9-14-35(39)31-92-63(87)72(4)24-25-73(5)64(88)93-32-43(76)65(89)29-37-49(56(83)51-50(54(37)81)53(80)36-15-12-16-38(66)48(36)55(51)82)42(30-65)95-47-28-41-57(34(3)94-47)96-60-61(90-6)91-27-26-74(41)60/h9-10,12,14-17,20-21,33-34,40-42,47,52,57,60-61,81,83,89H,7-8,11,13,18-19,22-32,66H2,1-6H3,(H,69,84)(H,70,85)(H,71,77)(H3,67,68,86)/t34-,40-,41-,42-,47-,52-,57+,60+,61-,65-/m0/s1. The number of phenolic OH excluding ortho intramolecular Hbond substituents is 2. The highest BCUT2D eigenvalue weighted by atomic mass is 16.7. The van der Waals surface area contributed by atoms with Crippen LogP contribution in [0.3, 0.4) is 0 Å². The minimum absolute atomic E-state index is 0.0181. The number of rotatable bonds is 27. The average molecular weight is 1340 g/mol. The summed E-state index contributed by atoms with van der Waals surface area (Å²) in [4.78, 5) is 151. The second-order valence-electron chi connectivity index (χ2n) is 24.9. The minimum Gasteiger partial charge on any atom is -0.507 e. The summed E-state index contributed by atoms with van der Waals surface area (Å²) in [6.45, 7) is 4.61. The number of amides is 9. The zero-order valence-corrected chi connectivity index (χ0v) is 54.1. The molecule has 3 saturated heterocycles. The molecule has 31 nitrogen and oxygen atoms in total. The number of benzene rings is 3. The number of nitrogen functional groups attached to an aromatic ring is 1. The number of nitrogens with two attached hydrogens (primary N) is 2. The molecule has 4 heterocycles. The van der Waals surface area contributed by atoms with Crippen molar-refractivity contribution in [2.24, 2.45) is 11.7 Å². The normalized spacial score (nSPS) is 23.2. The highest BCUT2D eigenvalue weighted by Gasteiger charge is 2.55. The van der Waals surface area contributed by atoms with Gasteiger partial charge in [0, 0.05) is 131 Å². The Morgan fingerprint density at radius 3 is 2.23 bits per heavy atom. The molecule has 9 amide bonds. The molecule has 6 aliphatic rings. The third-order valence-electron chi connectivity index (χ3n) is 18.0. The first-order valence-corrected chi connectivity index (χ1v) is 31.7. The van der Waals surface area contributed by atoms with E-state index in [9.17, 15) is 68.1 Å². The Balaban J connectivity index is 0.798. The number of para-hydroxylation sites is 1. The number of methoxy groups -OCH3 is 1. The topological polar surface area (TPSA) is 426 Å². The summed E-state index contributed by atoms with van der Waals surface area (Å²) < 4.78 is 41.6. The van der Waals surface area contributed by atoms with Gasteiger partial charge in [-0.2, -0.15) is 0 Å². The maximum Gasteiger partial charge on any atom is 0.409 e. The van der Waals surface area contributed by atoms with E-state index < -0.39 is 168 Å². The molecule has 4 aliphatic heterocycles. The van der Waals surface area contributed by atoms with Crippen LogP contribution in [0.4, 0.5) is 25.8 Å². The predicted octanol–water partition coefficient (Wildman–Crippen LogP) is 2.13. The lowest BCUT2D eigenvalue weighted by atomic mass is 9.71. The fraction of sp³-hybridized carbons (Fsp3) is 0.523. The summed E-state index contributed by atoms with van der Waals surface area (Å²) in [6, 6.07) is 7.23. The van der Waals surface area contributed by atoms with Crippen LogP contribution in [0, 0.1) is 5.92 Å². The number of hydrogen-bond acceptors (Lipinski definition) is 23. The van der Waals surface area contributed by atoms with Gasteiger partial charge in [-0.25, -0.2) is 14.4 Å². The zero-order chi connectivity index (χ0) is 69.4. The number of Topliss-reactive ketones (excluding diaryl/α,β-unsaturated/α-hetero) is 1. The SMILES string of the molecule is CO[C@H]1OCCN2[C@@H]1O[C@@H]1[C@H](C)O[C@@H](O[C@H]3C[C@](O)(C(=O)COC(=O)N(C)CCN(C)C(=O)OCc4ccccc4NC(=O)[C@H](CCCNC(N)=O)NC(=O)[C@@H](NC(=O)CCCCCN4C(=O)C=CC4=O)C(C)C)Cc4c(O)c5c(c(O)c43)C(=O)c3c(N)cccc3C5=O)C[C@@H]12. The molecule has 0 radical (unpaired) electrons. The Bertz CT molecular complexity index is 3550. The monoisotopic (exact) mass is 1340 g/mol. The first kappa shape index (κ1) is 71.2. The Morgan fingerprint density at radius 2 is 1.53 bits per heavy atom. The summed E-state index contributed by atoms with van der Waals surface area (Å²) in [6.07, 6.45) is -3.91. The van der Waals surface area contributed by atoms with Crippen molar-refractivity contribution in [3.8, 4) is 11.5 Å². The molecule has 9 rings (SSSR count). The number of ketones is 3. The average Bonchev–Trinajstić information content (AvgIpc) is 0.874. The Labute approximate surface area is 552 Å². The maximum atomic E-state index is 14.3. The van der Waals surface area contributed by atoms with Crippen molar-refractivity contribution in [1.82, 2.24) is 35.6 Å². The van der Waals surface area contributed by atoms with Crippen LogP contribution in [0.2, 0.25) is 0 Å². The summed E-state index contributed by atoms with van der Waals surface area (Å²) >= 11 is 0. The van der Waals surface area contributed by atoms with Gasteiger partial charge in [-0.1, -0.05) is 50.6 Å². The van der Waals surface area contributed by atoms with Gasteiger partial charge in [0.1, 0.15) is 41.9 Å². The largest absolute Gasteiger partial charge is 0.507 e. The van der Waals surface area contributed by atoms with Gasteiger partial charge in [0.2, 0.25) is 23.5 Å². The number of nitrogens with zero attached hydrogens (tertiary/aromatic N) is 4. The van der Waals surface area contributed by atoms with Crippen LogP contribution in [-0.4, -0.2) is 222 Å². The van der Waals surface area contributed by atoms with Gasteiger partial charge in [0.25, 0.3) is 11.8 Å². The molecule has 96 heavy (non-hydrogen) atoms. The molecule has 3 aromatic rings. The zero-order valence-electron chi connectivity index (χ0n) is 54.1. The quantitative estimate of drug-likeness (QED) is 0.0179. The number of ether oxygens (including phenoxy) is 7. The molecule has 31 heteroatoms. The Morgan fingerprint density at radius 1 is 0.833 bits per heavy atom. The molecule has 3 aromatic carbocycles.